The molecule has 0 atom stereocenters. The van der Waals surface area contributed by atoms with Gasteiger partial charge in [-0.05, 0) is 19.8 Å². The molecule has 4 heteroatoms. The lowest BCUT2D eigenvalue weighted by molar-refractivity contribution is -0.117. The van der Waals surface area contributed by atoms with E-state index < -0.39 is 0 Å². The largest absolute Gasteiger partial charge is 0.396 e. The summed E-state index contributed by atoms with van der Waals surface area (Å²) in [6.07, 6.45) is 2.54. The van der Waals surface area contributed by atoms with E-state index in [2.05, 4.69) is 11.9 Å². The molecule has 0 aliphatic carbocycles. The number of rotatable bonds is 8. The second-order valence-corrected chi connectivity index (χ2v) is 3.76. The van der Waals surface area contributed by atoms with Gasteiger partial charge < -0.3 is 15.5 Å². The molecular weight excluding hydrogens is 194 g/mol. The van der Waals surface area contributed by atoms with Gasteiger partial charge in [0.15, 0.2) is 0 Å². The van der Waals surface area contributed by atoms with Crippen molar-refractivity contribution in [3.05, 3.63) is 12.2 Å². The molecule has 0 spiro atoms. The average Bonchev–Trinajstić information content (AvgIpc) is 2.23. The van der Waals surface area contributed by atoms with Gasteiger partial charge >= 0.3 is 0 Å². The lowest BCUT2D eigenvalue weighted by Crippen LogP contribution is -2.24. The summed E-state index contributed by atoms with van der Waals surface area (Å²) in [7, 11) is 0. The second kappa shape index (κ2) is 8.44. The first kappa shape index (κ1) is 14.1. The molecule has 0 aromatic heterocycles. The van der Waals surface area contributed by atoms with Crippen molar-refractivity contribution in [3.8, 4) is 0 Å². The summed E-state index contributed by atoms with van der Waals surface area (Å²) in [6.45, 7) is 5.87. The summed E-state index contributed by atoms with van der Waals surface area (Å²) in [5, 5.41) is 20.3. The fraction of sp³-hybridized carbons (Fsp3) is 0.727. The number of nitrogens with one attached hydrogen (secondary N) is 1. The number of aliphatic hydroxyl groups excluding tert-OH is 2. The minimum atomic E-state index is -0.115. The number of carbonyl (C=O) groups excluding carboxylic acids is 1. The van der Waals surface area contributed by atoms with E-state index in [-0.39, 0.29) is 25.0 Å². The number of unbranched alkanes of at least 4 members (excludes halogenated alkanes) is 1. The van der Waals surface area contributed by atoms with Gasteiger partial charge in [-0.1, -0.05) is 13.0 Å². The first-order chi connectivity index (χ1) is 7.11. The summed E-state index contributed by atoms with van der Waals surface area (Å²) >= 11 is 0. The molecule has 4 nitrogen and oxygen atoms in total. The molecule has 1 amide bonds. The molecule has 3 N–H and O–H groups in total. The van der Waals surface area contributed by atoms with Crippen molar-refractivity contribution in [3.63, 3.8) is 0 Å². The van der Waals surface area contributed by atoms with Gasteiger partial charge in [0.25, 0.3) is 0 Å². The summed E-state index contributed by atoms with van der Waals surface area (Å²) < 4.78 is 0. The molecule has 15 heavy (non-hydrogen) atoms. The predicted octanol–water partition coefficient (Wildman–Crippen LogP) is 0.450. The molecule has 88 valence electrons. The van der Waals surface area contributed by atoms with Crippen molar-refractivity contribution in [1.82, 2.24) is 5.32 Å². The standard InChI is InChI=1S/C11H21NO3/c1-9(2)11(15)12-6-4-3-5-10(7-13)8-14/h10,13-14H,1,3-8H2,2H3,(H,12,15). The Morgan fingerprint density at radius 1 is 1.33 bits per heavy atom. The number of amides is 1. The van der Waals surface area contributed by atoms with E-state index in [4.69, 9.17) is 10.2 Å². The highest BCUT2D eigenvalue weighted by molar-refractivity contribution is 5.91. The van der Waals surface area contributed by atoms with Crippen molar-refractivity contribution < 1.29 is 15.0 Å². The molecular formula is C11H21NO3. The molecule has 0 heterocycles. The number of hydrogen-bond donors (Lipinski definition) is 3. The molecule has 0 aliphatic heterocycles. The molecule has 0 rings (SSSR count). The first-order valence-electron chi connectivity index (χ1n) is 5.27. The van der Waals surface area contributed by atoms with Gasteiger partial charge in [0, 0.05) is 31.2 Å². The van der Waals surface area contributed by atoms with Crippen LogP contribution < -0.4 is 5.32 Å². The third kappa shape index (κ3) is 7.11. The number of aliphatic hydroxyl groups is 2. The normalized spacial score (nSPS) is 10.4. The van der Waals surface area contributed by atoms with Gasteiger partial charge in [-0.15, -0.1) is 0 Å². The third-order valence-electron chi connectivity index (χ3n) is 2.23. The Hall–Kier alpha value is -0.870. The van der Waals surface area contributed by atoms with Crippen LogP contribution >= 0.6 is 0 Å². The minimum Gasteiger partial charge on any atom is -0.396 e. The highest BCUT2D eigenvalue weighted by Crippen LogP contribution is 2.06. The molecule has 0 aromatic rings. The van der Waals surface area contributed by atoms with E-state index in [0.29, 0.717) is 12.1 Å². The molecule has 0 fully saturated rings. The first-order valence-corrected chi connectivity index (χ1v) is 5.27. The smallest absolute Gasteiger partial charge is 0.246 e. The van der Waals surface area contributed by atoms with Crippen LogP contribution in [0.15, 0.2) is 12.2 Å². The fourth-order valence-electron chi connectivity index (χ4n) is 1.15. The van der Waals surface area contributed by atoms with Gasteiger partial charge in [0.05, 0.1) is 0 Å². The summed E-state index contributed by atoms with van der Waals surface area (Å²) in [4.78, 5) is 11.1. The molecule has 0 saturated carbocycles. The Balaban J connectivity index is 3.39. The SMILES string of the molecule is C=C(C)C(=O)NCCCCC(CO)CO. The van der Waals surface area contributed by atoms with Crippen LogP contribution in [0.2, 0.25) is 0 Å². The predicted molar refractivity (Wildman–Crippen MR) is 59.3 cm³/mol. The maximum atomic E-state index is 11.1. The van der Waals surface area contributed by atoms with Crippen LogP contribution in [0.4, 0.5) is 0 Å². The zero-order chi connectivity index (χ0) is 11.7. The molecule has 0 bridgehead atoms. The van der Waals surface area contributed by atoms with E-state index in [9.17, 15) is 4.79 Å². The van der Waals surface area contributed by atoms with Crippen LogP contribution in [-0.2, 0) is 4.79 Å². The fourth-order valence-corrected chi connectivity index (χ4v) is 1.15. The lowest BCUT2D eigenvalue weighted by atomic mass is 10.0. The Kier molecular flexibility index (Phi) is 7.95. The van der Waals surface area contributed by atoms with Gasteiger partial charge in [0.1, 0.15) is 0 Å². The Morgan fingerprint density at radius 3 is 2.40 bits per heavy atom. The quantitative estimate of drug-likeness (QED) is 0.407. The summed E-state index contributed by atoms with van der Waals surface area (Å²) in [6, 6.07) is 0. The van der Waals surface area contributed by atoms with E-state index >= 15 is 0 Å². The molecule has 0 radical (unpaired) electrons. The van der Waals surface area contributed by atoms with Crippen molar-refractivity contribution in [2.45, 2.75) is 26.2 Å². The zero-order valence-corrected chi connectivity index (χ0v) is 9.33. The van der Waals surface area contributed by atoms with Crippen LogP contribution in [-0.4, -0.2) is 35.9 Å². The summed E-state index contributed by atoms with van der Waals surface area (Å²) in [5.74, 6) is -0.141. The Morgan fingerprint density at radius 2 is 1.93 bits per heavy atom. The van der Waals surface area contributed by atoms with Crippen molar-refractivity contribution in [2.24, 2.45) is 5.92 Å². The molecule has 0 saturated heterocycles. The van der Waals surface area contributed by atoms with Crippen molar-refractivity contribution in [2.75, 3.05) is 19.8 Å². The average molecular weight is 215 g/mol. The topological polar surface area (TPSA) is 69.6 Å². The van der Waals surface area contributed by atoms with E-state index in [1.54, 1.807) is 6.92 Å². The van der Waals surface area contributed by atoms with E-state index in [1.807, 2.05) is 0 Å². The summed E-state index contributed by atoms with van der Waals surface area (Å²) in [5.41, 5.74) is 0.513. The van der Waals surface area contributed by atoms with Crippen LogP contribution in [0.3, 0.4) is 0 Å². The van der Waals surface area contributed by atoms with E-state index in [1.165, 1.54) is 0 Å². The maximum absolute atomic E-state index is 11.1. The van der Waals surface area contributed by atoms with Gasteiger partial charge in [-0.3, -0.25) is 4.79 Å². The van der Waals surface area contributed by atoms with Gasteiger partial charge in [0.2, 0.25) is 5.91 Å². The van der Waals surface area contributed by atoms with Crippen molar-refractivity contribution >= 4 is 5.91 Å². The van der Waals surface area contributed by atoms with Crippen molar-refractivity contribution in [1.29, 1.82) is 0 Å². The third-order valence-corrected chi connectivity index (χ3v) is 2.23. The number of carbonyl (C=O) groups is 1. The lowest BCUT2D eigenvalue weighted by Gasteiger charge is -2.10. The minimum absolute atomic E-state index is 0.0224. The zero-order valence-electron chi connectivity index (χ0n) is 9.33. The molecule has 0 unspecified atom stereocenters. The molecule has 0 aromatic carbocycles. The van der Waals surface area contributed by atoms with Gasteiger partial charge in [-0.2, -0.15) is 0 Å². The monoisotopic (exact) mass is 215 g/mol. The highest BCUT2D eigenvalue weighted by atomic mass is 16.3. The Bertz CT molecular complexity index is 200. The van der Waals surface area contributed by atoms with Crippen LogP contribution in [0.25, 0.3) is 0 Å². The Labute approximate surface area is 91.0 Å². The van der Waals surface area contributed by atoms with E-state index in [0.717, 1.165) is 19.3 Å². The van der Waals surface area contributed by atoms with Crippen LogP contribution in [0.5, 0.6) is 0 Å². The highest BCUT2D eigenvalue weighted by Gasteiger charge is 2.05. The maximum Gasteiger partial charge on any atom is 0.246 e. The van der Waals surface area contributed by atoms with Crippen LogP contribution in [0, 0.1) is 5.92 Å². The van der Waals surface area contributed by atoms with Crippen LogP contribution in [0.1, 0.15) is 26.2 Å². The number of hydrogen-bond acceptors (Lipinski definition) is 3. The van der Waals surface area contributed by atoms with Gasteiger partial charge in [-0.25, -0.2) is 0 Å². The molecule has 0 aliphatic rings. The second-order valence-electron chi connectivity index (χ2n) is 3.76.